The number of hydrogen-bond acceptors (Lipinski definition) is 14. The summed E-state index contributed by atoms with van der Waals surface area (Å²) in [5.41, 5.74) is 4.37. The molecule has 40 heavy (non-hydrogen) atoms. The number of nitrogens with two attached hydrogens (primary N) is 1. The molecular weight excluding hydrogens is 570 g/mol. The lowest BCUT2D eigenvalue weighted by Crippen LogP contribution is -2.71. The summed E-state index contributed by atoms with van der Waals surface area (Å²) in [5, 5.41) is 16.8. The first-order valence-electron chi connectivity index (χ1n) is 11.7. The third-order valence-corrected chi connectivity index (χ3v) is 7.09. The van der Waals surface area contributed by atoms with Gasteiger partial charge in [0.15, 0.2) is 10.8 Å². The summed E-state index contributed by atoms with van der Waals surface area (Å²) < 4.78 is 10.1. The minimum absolute atomic E-state index is 0.0323. The number of nitrogens with one attached hydrogen (secondary N) is 1. The monoisotopic (exact) mass is 597 g/mol. The number of aliphatic carboxylic acids is 1. The van der Waals surface area contributed by atoms with Crippen molar-refractivity contribution in [3.05, 3.63) is 22.3 Å². The minimum Gasteiger partial charge on any atom is -0.477 e. The van der Waals surface area contributed by atoms with Crippen molar-refractivity contribution in [1.29, 1.82) is 0 Å². The summed E-state index contributed by atoms with van der Waals surface area (Å²) in [6, 6.07) is -1.12. The highest BCUT2D eigenvalue weighted by atomic mass is 32.2. The number of fused-ring (bicyclic) bond motifs is 1. The first-order chi connectivity index (χ1) is 18.7. The van der Waals surface area contributed by atoms with E-state index in [1.54, 1.807) is 20.8 Å². The molecule has 0 saturated carbocycles. The summed E-state index contributed by atoms with van der Waals surface area (Å²) in [6.45, 7) is 5.21. The van der Waals surface area contributed by atoms with Crippen molar-refractivity contribution < 1.29 is 48.2 Å². The molecule has 0 bridgehead atoms. The van der Waals surface area contributed by atoms with Gasteiger partial charge in [-0.3, -0.25) is 24.1 Å². The van der Waals surface area contributed by atoms with Crippen LogP contribution in [-0.4, -0.2) is 92.2 Å². The van der Waals surface area contributed by atoms with Crippen LogP contribution in [0.25, 0.3) is 0 Å². The van der Waals surface area contributed by atoms with Crippen LogP contribution in [0.1, 0.15) is 39.8 Å². The van der Waals surface area contributed by atoms with Gasteiger partial charge in [-0.1, -0.05) is 5.16 Å². The Bertz CT molecular complexity index is 1300. The number of ketones is 1. The van der Waals surface area contributed by atoms with Gasteiger partial charge in [0.1, 0.15) is 47.2 Å². The number of thiazole rings is 1. The highest BCUT2D eigenvalue weighted by Gasteiger charge is 2.54. The van der Waals surface area contributed by atoms with E-state index in [0.717, 1.165) is 28.0 Å². The number of carbonyl (C=O) groups excluding carboxylic acids is 5. The standard InChI is InChI=1S/C23H27N5O10S2/c1-10(29)5-13(30)36-6-11-8-39-20-16(19(33)28(20)17(11)21(34)35)26-18(32)15(12-9-40-22(24)25-12)27-37-7-14(31)38-23(2,3)4/h9,16,20H,5-8H2,1-4H3,(H2,24,25)(H,26,32)(H,34,35)/b27-15+/t16-,20-/m1/s1. The maximum atomic E-state index is 13.1. The van der Waals surface area contributed by atoms with Crippen LogP contribution in [0.5, 0.6) is 0 Å². The van der Waals surface area contributed by atoms with Crippen molar-refractivity contribution >= 4 is 69.4 Å². The van der Waals surface area contributed by atoms with Gasteiger partial charge in [-0.05, 0) is 27.7 Å². The van der Waals surface area contributed by atoms with E-state index in [1.165, 1.54) is 12.3 Å². The largest absolute Gasteiger partial charge is 0.477 e. The Balaban J connectivity index is 1.73. The van der Waals surface area contributed by atoms with E-state index >= 15 is 0 Å². The van der Waals surface area contributed by atoms with Gasteiger partial charge < -0.3 is 30.5 Å². The van der Waals surface area contributed by atoms with Crippen molar-refractivity contribution in [3.63, 3.8) is 0 Å². The number of rotatable bonds is 11. The van der Waals surface area contributed by atoms with Crippen molar-refractivity contribution in [3.8, 4) is 0 Å². The maximum Gasteiger partial charge on any atom is 0.352 e. The third-order valence-electron chi connectivity index (χ3n) is 5.07. The van der Waals surface area contributed by atoms with E-state index in [0.29, 0.717) is 0 Å². The second-order valence-electron chi connectivity index (χ2n) is 9.53. The van der Waals surface area contributed by atoms with Crippen molar-refractivity contribution in [1.82, 2.24) is 15.2 Å². The smallest absolute Gasteiger partial charge is 0.352 e. The molecule has 2 atom stereocenters. The molecule has 3 rings (SSSR count). The first-order valence-corrected chi connectivity index (χ1v) is 13.6. The first kappa shape index (κ1) is 30.6. The zero-order valence-corrected chi connectivity index (χ0v) is 23.6. The number of β-lactam (4-membered cyclic amide) rings is 1. The fourth-order valence-corrected chi connectivity index (χ4v) is 5.42. The van der Waals surface area contributed by atoms with Gasteiger partial charge >= 0.3 is 17.9 Å². The SMILES string of the molecule is CC(=O)CC(=O)OCC1=C(C(=O)O)N2C(=O)[C@@H](NC(=O)/C(=N/OCC(=O)OC(C)(C)C)c3csc(N)n3)[C@H]2SC1. The quantitative estimate of drug-likeness (QED) is 0.101. The van der Waals surface area contributed by atoms with Crippen LogP contribution in [0.15, 0.2) is 21.8 Å². The number of amides is 2. The molecule has 0 aliphatic carbocycles. The van der Waals surface area contributed by atoms with E-state index < -0.39 is 72.2 Å². The summed E-state index contributed by atoms with van der Waals surface area (Å²) >= 11 is 2.17. The number of nitrogens with zero attached hydrogens (tertiary/aromatic N) is 3. The zero-order chi connectivity index (χ0) is 29.8. The minimum atomic E-state index is -1.42. The van der Waals surface area contributed by atoms with Gasteiger partial charge in [-0.15, -0.1) is 23.1 Å². The maximum absolute atomic E-state index is 13.1. The number of aromatic nitrogens is 1. The molecule has 3 heterocycles. The van der Waals surface area contributed by atoms with Gasteiger partial charge in [0.05, 0.1) is 0 Å². The molecule has 0 unspecified atom stereocenters. The summed E-state index contributed by atoms with van der Waals surface area (Å²) in [6.07, 6.45) is -0.460. The van der Waals surface area contributed by atoms with E-state index in [4.69, 9.17) is 20.0 Å². The van der Waals surface area contributed by atoms with Gasteiger partial charge in [-0.25, -0.2) is 14.6 Å². The summed E-state index contributed by atoms with van der Waals surface area (Å²) in [7, 11) is 0. The average Bonchev–Trinajstić information content (AvgIpc) is 3.27. The van der Waals surface area contributed by atoms with Gasteiger partial charge in [-0.2, -0.15) is 0 Å². The third kappa shape index (κ3) is 7.56. The van der Waals surface area contributed by atoms with Crippen LogP contribution >= 0.6 is 23.1 Å². The van der Waals surface area contributed by atoms with Crippen LogP contribution in [0.4, 0.5) is 5.13 Å². The lowest BCUT2D eigenvalue weighted by molar-refractivity contribution is -0.160. The lowest BCUT2D eigenvalue weighted by Gasteiger charge is -2.49. The molecule has 0 spiro atoms. The van der Waals surface area contributed by atoms with Crippen molar-refractivity contribution in [2.24, 2.45) is 5.16 Å². The van der Waals surface area contributed by atoms with E-state index in [9.17, 15) is 33.9 Å². The van der Waals surface area contributed by atoms with Crippen LogP contribution < -0.4 is 11.1 Å². The highest BCUT2D eigenvalue weighted by Crippen LogP contribution is 2.40. The Morgan fingerprint density at radius 2 is 1.95 bits per heavy atom. The van der Waals surface area contributed by atoms with Crippen molar-refractivity contribution in [2.75, 3.05) is 24.7 Å². The number of nitrogen functional groups attached to an aromatic ring is 1. The van der Waals surface area contributed by atoms with Gasteiger partial charge in [0.2, 0.25) is 6.61 Å². The van der Waals surface area contributed by atoms with E-state index in [2.05, 4.69) is 15.5 Å². The predicted molar refractivity (Wildman–Crippen MR) is 141 cm³/mol. The van der Waals surface area contributed by atoms with Gasteiger partial charge in [0, 0.05) is 16.7 Å². The molecule has 2 aliphatic rings. The van der Waals surface area contributed by atoms with Crippen LogP contribution in [0, 0.1) is 0 Å². The molecule has 0 aromatic carbocycles. The van der Waals surface area contributed by atoms with E-state index in [1.807, 2.05) is 0 Å². The normalized spacial score (nSPS) is 18.9. The topological polar surface area (TPSA) is 217 Å². The Kier molecular flexibility index (Phi) is 9.52. The Morgan fingerprint density at radius 3 is 2.52 bits per heavy atom. The molecule has 2 amide bonds. The average molecular weight is 598 g/mol. The second kappa shape index (κ2) is 12.5. The highest BCUT2D eigenvalue weighted by molar-refractivity contribution is 8.00. The van der Waals surface area contributed by atoms with Crippen molar-refractivity contribution in [2.45, 2.75) is 51.1 Å². The number of hydrogen-bond donors (Lipinski definition) is 3. The lowest BCUT2D eigenvalue weighted by atomic mass is 10.0. The Hall–Kier alpha value is -3.99. The molecule has 17 heteroatoms. The fraction of sp³-hybridized carbons (Fsp3) is 0.478. The number of carbonyl (C=O) groups is 6. The molecule has 216 valence electrons. The molecule has 1 aromatic heterocycles. The Labute approximate surface area is 236 Å². The molecule has 15 nitrogen and oxygen atoms in total. The molecule has 4 N–H and O–H groups in total. The number of anilines is 1. The second-order valence-corrected chi connectivity index (χ2v) is 11.5. The number of Topliss-reactive ketones (excluding diaryl/α,β-unsaturated/α-hetero) is 1. The number of esters is 2. The number of thioether (sulfide) groups is 1. The number of carboxylic acids is 1. The zero-order valence-electron chi connectivity index (χ0n) is 21.9. The number of carboxylic acid groups (broad SMARTS) is 1. The summed E-state index contributed by atoms with van der Waals surface area (Å²) in [4.78, 5) is 82.8. The predicted octanol–water partition coefficient (Wildman–Crippen LogP) is 0.0486. The fourth-order valence-electron chi connectivity index (χ4n) is 3.55. The molecule has 1 aromatic rings. The molecule has 1 fully saturated rings. The number of oxime groups is 1. The molecular formula is C23H27N5O10S2. The summed E-state index contributed by atoms with van der Waals surface area (Å²) in [5.74, 6) is -4.89. The molecule has 2 aliphatic heterocycles. The van der Waals surface area contributed by atoms with Gasteiger partial charge in [0.25, 0.3) is 11.8 Å². The van der Waals surface area contributed by atoms with Crippen LogP contribution in [-0.2, 0) is 43.1 Å². The van der Waals surface area contributed by atoms with Crippen LogP contribution in [0.3, 0.4) is 0 Å². The Morgan fingerprint density at radius 1 is 1.25 bits per heavy atom. The van der Waals surface area contributed by atoms with E-state index in [-0.39, 0.29) is 33.6 Å². The van der Waals surface area contributed by atoms with Crippen LogP contribution in [0.2, 0.25) is 0 Å². The molecule has 0 radical (unpaired) electrons. The number of ether oxygens (including phenoxy) is 2. The molecule has 1 saturated heterocycles.